The number of carboxylic acid groups (broad SMARTS) is 2. The number of hydrogen-bond donors (Lipinski definition) is 2. The Labute approximate surface area is 67.1 Å². The van der Waals surface area contributed by atoms with E-state index in [2.05, 4.69) is 9.47 Å². The van der Waals surface area contributed by atoms with E-state index in [1.165, 1.54) is 6.92 Å². The molecule has 0 aromatic rings. The van der Waals surface area contributed by atoms with Crippen LogP contribution in [0, 0.1) is 0 Å². The van der Waals surface area contributed by atoms with Crippen molar-refractivity contribution < 1.29 is 34.0 Å². The topological polar surface area (TPSA) is 93.1 Å². The highest BCUT2D eigenvalue weighted by Crippen LogP contribution is 1.92. The maximum Gasteiger partial charge on any atom is 0.506 e. The van der Waals surface area contributed by atoms with Crippen molar-refractivity contribution in [3.63, 3.8) is 0 Å². The fraction of sp³-hybridized carbons (Fsp3) is 0.600. The molecular formula is C5H9FO6. The normalized spacial score (nSPS) is 10.8. The molecule has 12 heavy (non-hydrogen) atoms. The number of hydrogen-bond acceptors (Lipinski definition) is 4. The zero-order valence-corrected chi connectivity index (χ0v) is 6.22. The van der Waals surface area contributed by atoms with Gasteiger partial charge in [-0.2, -0.15) is 0 Å². The predicted molar refractivity (Wildman–Crippen MR) is 35.1 cm³/mol. The molecule has 0 saturated heterocycles. The number of rotatable bonds is 3. The lowest BCUT2D eigenvalue weighted by molar-refractivity contribution is 0.0122. The average molecular weight is 184 g/mol. The second kappa shape index (κ2) is 6.20. The van der Waals surface area contributed by atoms with Crippen molar-refractivity contribution in [2.24, 2.45) is 0 Å². The highest BCUT2D eigenvalue weighted by molar-refractivity contribution is 5.58. The van der Waals surface area contributed by atoms with Gasteiger partial charge in [-0.3, -0.25) is 4.70 Å². The van der Waals surface area contributed by atoms with E-state index in [1.54, 1.807) is 0 Å². The zero-order chi connectivity index (χ0) is 8.85. The SMILES string of the molecule is CC(COC(=O)O)OC(=O)O.F. The highest BCUT2D eigenvalue weighted by Gasteiger charge is 2.09. The lowest BCUT2D eigenvalue weighted by atomic mass is 10.4. The molecule has 0 spiro atoms. The Morgan fingerprint density at radius 2 is 1.83 bits per heavy atom. The number of ether oxygens (including phenoxy) is 2. The lowest BCUT2D eigenvalue weighted by Gasteiger charge is -2.08. The summed E-state index contributed by atoms with van der Waals surface area (Å²) < 4.78 is 8.16. The first-order valence-corrected chi connectivity index (χ1v) is 2.77. The Hall–Kier alpha value is -1.53. The summed E-state index contributed by atoms with van der Waals surface area (Å²) in [6, 6.07) is 0. The van der Waals surface area contributed by atoms with E-state index in [1.807, 2.05) is 0 Å². The van der Waals surface area contributed by atoms with Crippen LogP contribution in [0.5, 0.6) is 0 Å². The summed E-state index contributed by atoms with van der Waals surface area (Å²) in [6.45, 7) is 1.10. The second-order valence-electron chi connectivity index (χ2n) is 1.77. The molecule has 1 atom stereocenters. The first kappa shape index (κ1) is 13.1. The van der Waals surface area contributed by atoms with E-state index in [-0.39, 0.29) is 11.3 Å². The molecule has 2 N–H and O–H groups in total. The lowest BCUT2D eigenvalue weighted by Crippen LogP contribution is -2.20. The van der Waals surface area contributed by atoms with Gasteiger partial charge in [-0.25, -0.2) is 9.59 Å². The van der Waals surface area contributed by atoms with Gasteiger partial charge in [-0.05, 0) is 6.92 Å². The van der Waals surface area contributed by atoms with Crippen LogP contribution in [0.15, 0.2) is 0 Å². The first-order chi connectivity index (χ1) is 5.02. The molecule has 6 nitrogen and oxygen atoms in total. The van der Waals surface area contributed by atoms with Gasteiger partial charge in [-0.1, -0.05) is 0 Å². The van der Waals surface area contributed by atoms with Gasteiger partial charge < -0.3 is 19.7 Å². The van der Waals surface area contributed by atoms with Gasteiger partial charge in [0.25, 0.3) is 0 Å². The van der Waals surface area contributed by atoms with Crippen LogP contribution in [-0.4, -0.2) is 35.2 Å². The molecule has 7 heteroatoms. The summed E-state index contributed by atoms with van der Waals surface area (Å²) in [5.74, 6) is 0. The van der Waals surface area contributed by atoms with Gasteiger partial charge >= 0.3 is 12.3 Å². The highest BCUT2D eigenvalue weighted by atomic mass is 19.0. The molecule has 72 valence electrons. The Morgan fingerprint density at radius 1 is 1.33 bits per heavy atom. The maximum absolute atomic E-state index is 9.83. The van der Waals surface area contributed by atoms with Crippen LogP contribution in [0.4, 0.5) is 14.3 Å². The first-order valence-electron chi connectivity index (χ1n) is 2.77. The Balaban J connectivity index is 0. The van der Waals surface area contributed by atoms with Crippen LogP contribution in [-0.2, 0) is 9.47 Å². The molecule has 0 aliphatic rings. The van der Waals surface area contributed by atoms with Crippen molar-refractivity contribution in [2.75, 3.05) is 6.61 Å². The van der Waals surface area contributed by atoms with E-state index in [4.69, 9.17) is 10.2 Å². The van der Waals surface area contributed by atoms with Crippen LogP contribution in [0.3, 0.4) is 0 Å². The largest absolute Gasteiger partial charge is 0.506 e. The van der Waals surface area contributed by atoms with Gasteiger partial charge in [0.05, 0.1) is 0 Å². The summed E-state index contributed by atoms with van der Waals surface area (Å²) in [5.41, 5.74) is 0. The van der Waals surface area contributed by atoms with E-state index in [0.29, 0.717) is 0 Å². The molecule has 0 saturated carbocycles. The molecule has 0 aromatic heterocycles. The molecule has 0 radical (unpaired) electrons. The van der Waals surface area contributed by atoms with Crippen molar-refractivity contribution in [1.82, 2.24) is 0 Å². The zero-order valence-electron chi connectivity index (χ0n) is 6.22. The van der Waals surface area contributed by atoms with Gasteiger partial charge in [0.2, 0.25) is 0 Å². The summed E-state index contributed by atoms with van der Waals surface area (Å²) in [6.07, 6.45) is -3.68. The molecule has 1 unspecified atom stereocenters. The summed E-state index contributed by atoms with van der Waals surface area (Å²) >= 11 is 0. The fourth-order valence-electron chi connectivity index (χ4n) is 0.395. The van der Waals surface area contributed by atoms with Gasteiger partial charge in [-0.15, -0.1) is 0 Å². The van der Waals surface area contributed by atoms with Crippen LogP contribution in [0.25, 0.3) is 0 Å². The third kappa shape index (κ3) is 8.47. The minimum Gasteiger partial charge on any atom is -0.450 e. The molecule has 0 rings (SSSR count). The molecule has 0 aromatic carbocycles. The third-order valence-corrected chi connectivity index (χ3v) is 0.744. The Bertz CT molecular complexity index is 158. The van der Waals surface area contributed by atoms with E-state index in [9.17, 15) is 9.59 Å². The minimum atomic E-state index is -1.45. The van der Waals surface area contributed by atoms with Crippen LogP contribution >= 0.6 is 0 Å². The van der Waals surface area contributed by atoms with E-state index >= 15 is 0 Å². The van der Waals surface area contributed by atoms with Gasteiger partial charge in [0, 0.05) is 0 Å². The smallest absolute Gasteiger partial charge is 0.450 e. The quantitative estimate of drug-likeness (QED) is 0.633. The Kier molecular flexibility index (Phi) is 6.76. The van der Waals surface area contributed by atoms with Crippen molar-refractivity contribution in [3.8, 4) is 0 Å². The second-order valence-corrected chi connectivity index (χ2v) is 1.77. The average Bonchev–Trinajstić information content (AvgIpc) is 1.82. The van der Waals surface area contributed by atoms with Crippen molar-refractivity contribution in [2.45, 2.75) is 13.0 Å². The molecular weight excluding hydrogens is 175 g/mol. The van der Waals surface area contributed by atoms with E-state index < -0.39 is 18.4 Å². The summed E-state index contributed by atoms with van der Waals surface area (Å²) in [7, 11) is 0. The molecule has 0 heterocycles. The maximum atomic E-state index is 9.83. The summed E-state index contributed by atoms with van der Waals surface area (Å²) in [5, 5.41) is 16.0. The van der Waals surface area contributed by atoms with E-state index in [0.717, 1.165) is 0 Å². The predicted octanol–water partition coefficient (Wildman–Crippen LogP) is 0.917. The molecule has 0 aliphatic heterocycles. The molecule has 0 aliphatic carbocycles. The van der Waals surface area contributed by atoms with Crippen LogP contribution in [0.2, 0.25) is 0 Å². The van der Waals surface area contributed by atoms with Crippen LogP contribution in [0.1, 0.15) is 6.92 Å². The fourth-order valence-corrected chi connectivity index (χ4v) is 0.395. The Morgan fingerprint density at radius 3 is 2.17 bits per heavy atom. The van der Waals surface area contributed by atoms with Crippen LogP contribution < -0.4 is 0 Å². The number of halogens is 1. The van der Waals surface area contributed by atoms with Crippen molar-refractivity contribution in [3.05, 3.63) is 0 Å². The standard InChI is InChI=1S/C5H8O6.FH/c1-3(11-5(8)9)2-10-4(6)7;/h3H,2H2,1H3,(H,6,7)(H,8,9);1H. The van der Waals surface area contributed by atoms with Crippen molar-refractivity contribution in [1.29, 1.82) is 0 Å². The van der Waals surface area contributed by atoms with Gasteiger partial charge in [0.1, 0.15) is 12.7 Å². The van der Waals surface area contributed by atoms with Gasteiger partial charge in [0.15, 0.2) is 0 Å². The molecule has 0 amide bonds. The molecule has 0 fully saturated rings. The monoisotopic (exact) mass is 184 g/mol. The number of carbonyl (C=O) groups is 2. The molecule has 0 bridgehead atoms. The minimum absolute atomic E-state index is 0. The van der Waals surface area contributed by atoms with Crippen molar-refractivity contribution >= 4 is 12.3 Å². The summed E-state index contributed by atoms with van der Waals surface area (Å²) in [4.78, 5) is 19.6. The third-order valence-electron chi connectivity index (χ3n) is 0.744.